The molecule has 0 spiro atoms. The van der Waals surface area contributed by atoms with Gasteiger partial charge >= 0.3 is 0 Å². The molecule has 0 saturated heterocycles. The van der Waals surface area contributed by atoms with Gasteiger partial charge in [-0.05, 0) is 17.7 Å². The third-order valence-electron chi connectivity index (χ3n) is 2.82. The number of para-hydroxylation sites is 1. The van der Waals surface area contributed by atoms with Crippen molar-refractivity contribution >= 4 is 12.6 Å². The molecule has 1 heterocycles. The zero-order valence-electron chi connectivity index (χ0n) is 8.97. The molecule has 3 heteroatoms. The van der Waals surface area contributed by atoms with Gasteiger partial charge < -0.3 is 4.52 Å². The Hall–Kier alpha value is -1.53. The lowest BCUT2D eigenvalue weighted by Crippen LogP contribution is -2.15. The third-order valence-corrected chi connectivity index (χ3v) is 4.69. The summed E-state index contributed by atoms with van der Waals surface area (Å²) in [4.78, 5) is 0. The Kier molecular flexibility index (Phi) is 1.95. The van der Waals surface area contributed by atoms with Gasteiger partial charge in [-0.3, -0.25) is 5.16 Å². The monoisotopic (exact) mass is 229 g/mol. The van der Waals surface area contributed by atoms with Crippen LogP contribution in [-0.4, -0.2) is 6.66 Å². The van der Waals surface area contributed by atoms with Crippen LogP contribution in [0, 0.1) is 5.16 Å². The number of nitrogens with one attached hydrogen (secondary N) is 1. The summed E-state index contributed by atoms with van der Waals surface area (Å²) in [5.41, 5.74) is 2.25. The Morgan fingerprint density at radius 3 is 2.38 bits per heavy atom. The highest BCUT2D eigenvalue weighted by Gasteiger charge is 2.27. The van der Waals surface area contributed by atoms with Crippen LogP contribution >= 0.6 is 7.28 Å². The summed E-state index contributed by atoms with van der Waals surface area (Å²) >= 11 is 0. The van der Waals surface area contributed by atoms with Crippen molar-refractivity contribution in [1.29, 1.82) is 5.16 Å². The van der Waals surface area contributed by atoms with Crippen LogP contribution in [0.5, 0.6) is 5.75 Å². The van der Waals surface area contributed by atoms with E-state index >= 15 is 0 Å². The minimum absolute atomic E-state index is 0.840. The fraction of sp³-hybridized carbons (Fsp3) is 0.0769. The van der Waals surface area contributed by atoms with E-state index in [4.69, 9.17) is 9.69 Å². The first-order valence-electron chi connectivity index (χ1n) is 5.19. The molecule has 0 amide bonds. The van der Waals surface area contributed by atoms with Crippen molar-refractivity contribution in [2.75, 3.05) is 6.66 Å². The molecule has 0 saturated carbocycles. The van der Waals surface area contributed by atoms with Gasteiger partial charge in [0.15, 0.2) is 7.28 Å². The van der Waals surface area contributed by atoms with Gasteiger partial charge in [-0.25, -0.2) is 0 Å². The fourth-order valence-electron chi connectivity index (χ4n) is 2.09. The highest BCUT2D eigenvalue weighted by Crippen LogP contribution is 2.52. The first-order chi connectivity index (χ1) is 7.68. The molecule has 1 N–H and O–H groups in total. The summed E-state index contributed by atoms with van der Waals surface area (Å²) in [5, 5.41) is 9.36. The standard InChI is InChI=1S/C13H12NOP/c1-16(14)13-9-5-3-7-11(13)10-6-2-4-8-12(10)15-16/h2-9,14H,1H3. The average molecular weight is 229 g/mol. The molecule has 80 valence electrons. The van der Waals surface area contributed by atoms with Gasteiger partial charge in [0.25, 0.3) is 0 Å². The maximum atomic E-state index is 8.33. The Morgan fingerprint density at radius 1 is 0.938 bits per heavy atom. The largest absolute Gasteiger partial charge is 0.456 e. The zero-order chi connectivity index (χ0) is 11.2. The summed E-state index contributed by atoms with van der Waals surface area (Å²) in [5.74, 6) is 0.840. The molecule has 0 radical (unpaired) electrons. The lowest BCUT2D eigenvalue weighted by molar-refractivity contribution is 0.613. The molecule has 16 heavy (non-hydrogen) atoms. The number of hydrogen-bond acceptors (Lipinski definition) is 2. The number of rotatable bonds is 0. The van der Waals surface area contributed by atoms with Crippen LogP contribution in [0.4, 0.5) is 0 Å². The topological polar surface area (TPSA) is 33.1 Å². The van der Waals surface area contributed by atoms with Crippen LogP contribution < -0.4 is 9.83 Å². The van der Waals surface area contributed by atoms with E-state index in [-0.39, 0.29) is 0 Å². The van der Waals surface area contributed by atoms with Crippen molar-refractivity contribution in [3.8, 4) is 16.9 Å². The molecule has 1 aliphatic heterocycles. The molecule has 0 aromatic heterocycles. The van der Waals surface area contributed by atoms with E-state index in [0.717, 1.165) is 22.2 Å². The Labute approximate surface area is 94.8 Å². The second kappa shape index (κ2) is 3.23. The van der Waals surface area contributed by atoms with Crippen molar-refractivity contribution in [3.63, 3.8) is 0 Å². The summed E-state index contributed by atoms with van der Waals surface area (Å²) in [7, 11) is -2.21. The predicted octanol–water partition coefficient (Wildman–Crippen LogP) is 3.70. The second-order valence-electron chi connectivity index (χ2n) is 4.03. The summed E-state index contributed by atoms with van der Waals surface area (Å²) < 4.78 is 5.82. The molecule has 1 aliphatic rings. The predicted molar refractivity (Wildman–Crippen MR) is 67.7 cm³/mol. The van der Waals surface area contributed by atoms with Gasteiger partial charge in [0.1, 0.15) is 5.75 Å². The highest BCUT2D eigenvalue weighted by molar-refractivity contribution is 7.68. The normalized spacial score (nSPS) is 21.8. The van der Waals surface area contributed by atoms with Crippen LogP contribution in [0.15, 0.2) is 48.5 Å². The van der Waals surface area contributed by atoms with Gasteiger partial charge in [-0.2, -0.15) is 0 Å². The van der Waals surface area contributed by atoms with Crippen LogP contribution in [0.2, 0.25) is 0 Å². The van der Waals surface area contributed by atoms with Crippen molar-refractivity contribution in [1.82, 2.24) is 0 Å². The first kappa shape index (κ1) is 9.68. The number of hydrogen-bond donors (Lipinski definition) is 1. The molecule has 0 fully saturated rings. The molecule has 1 atom stereocenters. The van der Waals surface area contributed by atoms with E-state index in [1.165, 1.54) is 0 Å². The van der Waals surface area contributed by atoms with E-state index in [0.29, 0.717) is 0 Å². The SMILES string of the molecule is CP1(=N)Oc2ccccc2-c2ccccc21. The number of benzene rings is 2. The van der Waals surface area contributed by atoms with Crippen LogP contribution in [0.3, 0.4) is 0 Å². The number of fused-ring (bicyclic) bond motifs is 3. The minimum Gasteiger partial charge on any atom is -0.456 e. The van der Waals surface area contributed by atoms with Crippen LogP contribution in [-0.2, 0) is 0 Å². The molecule has 3 rings (SSSR count). The van der Waals surface area contributed by atoms with Gasteiger partial charge in [-0.15, -0.1) is 0 Å². The maximum Gasteiger partial charge on any atom is 0.158 e. The smallest absolute Gasteiger partial charge is 0.158 e. The van der Waals surface area contributed by atoms with E-state index in [9.17, 15) is 0 Å². The van der Waals surface area contributed by atoms with Crippen LogP contribution in [0.1, 0.15) is 0 Å². The van der Waals surface area contributed by atoms with Crippen molar-refractivity contribution in [2.24, 2.45) is 0 Å². The summed E-state index contributed by atoms with van der Waals surface area (Å²) in [6.07, 6.45) is 0. The third kappa shape index (κ3) is 1.30. The van der Waals surface area contributed by atoms with Crippen molar-refractivity contribution < 1.29 is 4.52 Å². The molecule has 0 aliphatic carbocycles. The quantitative estimate of drug-likeness (QED) is 0.686. The molecule has 2 nitrogen and oxygen atoms in total. The molecule has 2 aromatic carbocycles. The fourth-order valence-corrected chi connectivity index (χ4v) is 3.76. The second-order valence-corrected chi connectivity index (χ2v) is 6.54. The van der Waals surface area contributed by atoms with Crippen molar-refractivity contribution in [2.45, 2.75) is 0 Å². The molecule has 0 bridgehead atoms. The maximum absolute atomic E-state index is 8.33. The minimum atomic E-state index is -2.21. The summed E-state index contributed by atoms with van der Waals surface area (Å²) in [6, 6.07) is 16.0. The van der Waals surface area contributed by atoms with Gasteiger partial charge in [0.2, 0.25) is 0 Å². The van der Waals surface area contributed by atoms with E-state index in [1.807, 2.05) is 49.1 Å². The lowest BCUT2D eigenvalue weighted by atomic mass is 10.0. The Balaban J connectivity index is 2.38. The molecular formula is C13H12NOP. The zero-order valence-corrected chi connectivity index (χ0v) is 9.87. The summed E-state index contributed by atoms with van der Waals surface area (Å²) in [6.45, 7) is 1.89. The molecule has 2 aromatic rings. The van der Waals surface area contributed by atoms with E-state index < -0.39 is 7.28 Å². The van der Waals surface area contributed by atoms with Gasteiger partial charge in [0, 0.05) is 17.5 Å². The Bertz CT molecular complexity index is 606. The van der Waals surface area contributed by atoms with Gasteiger partial charge in [-0.1, -0.05) is 36.4 Å². The van der Waals surface area contributed by atoms with Crippen LogP contribution in [0.25, 0.3) is 11.1 Å². The lowest BCUT2D eigenvalue weighted by Gasteiger charge is -2.28. The van der Waals surface area contributed by atoms with Gasteiger partial charge in [0.05, 0.1) is 0 Å². The Morgan fingerprint density at radius 2 is 1.56 bits per heavy atom. The first-order valence-corrected chi connectivity index (χ1v) is 7.34. The highest BCUT2D eigenvalue weighted by atomic mass is 31.2. The molecule has 1 unspecified atom stereocenters. The average Bonchev–Trinajstić information content (AvgIpc) is 2.29. The van der Waals surface area contributed by atoms with Crippen molar-refractivity contribution in [3.05, 3.63) is 48.5 Å². The molecular weight excluding hydrogens is 217 g/mol. The van der Waals surface area contributed by atoms with E-state index in [2.05, 4.69) is 6.07 Å². The van der Waals surface area contributed by atoms with E-state index in [1.54, 1.807) is 0 Å².